The largest absolute Gasteiger partial charge is 0.466 e. The minimum Gasteiger partial charge on any atom is -0.466 e. The van der Waals surface area contributed by atoms with Gasteiger partial charge < -0.3 is 9.47 Å². The van der Waals surface area contributed by atoms with E-state index in [2.05, 4.69) is 5.10 Å². The van der Waals surface area contributed by atoms with E-state index in [9.17, 15) is 14.4 Å². The summed E-state index contributed by atoms with van der Waals surface area (Å²) in [4.78, 5) is 35.3. The van der Waals surface area contributed by atoms with E-state index < -0.39 is 17.4 Å². The molecule has 8 heteroatoms. The Morgan fingerprint density at radius 3 is 2.52 bits per heavy atom. The fourth-order valence-electron chi connectivity index (χ4n) is 2.06. The molecule has 0 unspecified atom stereocenters. The van der Waals surface area contributed by atoms with Crippen LogP contribution in [0.1, 0.15) is 29.5 Å². The first-order valence-corrected chi connectivity index (χ1v) is 8.00. The van der Waals surface area contributed by atoms with Gasteiger partial charge in [-0.2, -0.15) is 5.10 Å². The summed E-state index contributed by atoms with van der Waals surface area (Å²) in [5.41, 5.74) is 0.283. The number of carbonyl (C=O) groups excluding carboxylic acids is 2. The lowest BCUT2D eigenvalue weighted by molar-refractivity contribution is -0.143. The average molecular weight is 365 g/mol. The molecule has 0 saturated heterocycles. The molecule has 132 valence electrons. The molecule has 1 heterocycles. The van der Waals surface area contributed by atoms with E-state index >= 15 is 0 Å². The molecule has 0 atom stereocenters. The highest BCUT2D eigenvalue weighted by molar-refractivity contribution is 6.30. The second-order valence-electron chi connectivity index (χ2n) is 5.08. The Morgan fingerprint density at radius 2 is 1.88 bits per heavy atom. The maximum atomic E-state index is 12.1. The molecule has 0 spiro atoms. The Balaban J connectivity index is 2.19. The molecule has 7 nitrogen and oxygen atoms in total. The second kappa shape index (κ2) is 8.43. The van der Waals surface area contributed by atoms with Crippen molar-refractivity contribution < 1.29 is 19.1 Å². The van der Waals surface area contributed by atoms with Crippen LogP contribution in [0.2, 0.25) is 5.02 Å². The molecule has 0 radical (unpaired) electrons. The fraction of sp³-hybridized carbons (Fsp3) is 0.294. The average Bonchev–Trinajstić information content (AvgIpc) is 2.56. The first kappa shape index (κ1) is 18.7. The molecule has 0 aliphatic rings. The Hall–Kier alpha value is -2.67. The van der Waals surface area contributed by atoms with Crippen LogP contribution < -0.4 is 5.43 Å². The van der Waals surface area contributed by atoms with Gasteiger partial charge in [-0.25, -0.2) is 9.48 Å². The van der Waals surface area contributed by atoms with Crippen LogP contribution in [0.15, 0.2) is 35.1 Å². The first-order valence-electron chi connectivity index (χ1n) is 7.62. The minimum absolute atomic E-state index is 0.0865. The summed E-state index contributed by atoms with van der Waals surface area (Å²) in [6.07, 6.45) is -0.0865. The number of nitrogens with zero attached hydrogens (tertiary/aromatic N) is 2. The number of esters is 2. The summed E-state index contributed by atoms with van der Waals surface area (Å²) in [6, 6.07) is 8.07. The molecule has 0 saturated carbocycles. The Kier molecular flexibility index (Phi) is 6.30. The smallest absolute Gasteiger partial charge is 0.362 e. The van der Waals surface area contributed by atoms with Crippen LogP contribution in [0.4, 0.5) is 0 Å². The summed E-state index contributed by atoms with van der Waals surface area (Å²) in [5.74, 6) is -1.37. The van der Waals surface area contributed by atoms with Crippen LogP contribution in [0, 0.1) is 6.92 Å². The highest BCUT2D eigenvalue weighted by atomic mass is 35.5. The second-order valence-corrected chi connectivity index (χ2v) is 5.51. The van der Waals surface area contributed by atoms with Gasteiger partial charge in [0.2, 0.25) is 11.1 Å². The number of benzene rings is 1. The summed E-state index contributed by atoms with van der Waals surface area (Å²) in [6.45, 7) is 3.43. The van der Waals surface area contributed by atoms with Gasteiger partial charge in [-0.05, 0) is 38.1 Å². The van der Waals surface area contributed by atoms with Crippen LogP contribution in [-0.4, -0.2) is 34.9 Å². The van der Waals surface area contributed by atoms with Gasteiger partial charge in [0.05, 0.1) is 18.7 Å². The molecule has 0 amide bonds. The molecule has 0 bridgehead atoms. The zero-order valence-electron chi connectivity index (χ0n) is 13.8. The van der Waals surface area contributed by atoms with E-state index in [1.165, 1.54) is 10.7 Å². The van der Waals surface area contributed by atoms with Crippen molar-refractivity contribution in [1.29, 1.82) is 0 Å². The molecule has 1 aromatic carbocycles. The standard InChI is InChI=1S/C17H17ClN2O5/c1-3-24-15(22)8-9-25-17(23)16-14(21)10-11(2)20(19-16)13-6-4-12(18)5-7-13/h4-7,10H,3,8-9H2,1-2H3. The number of ether oxygens (including phenoxy) is 2. The lowest BCUT2D eigenvalue weighted by Gasteiger charge is -2.11. The maximum absolute atomic E-state index is 12.1. The lowest BCUT2D eigenvalue weighted by atomic mass is 10.3. The minimum atomic E-state index is -0.892. The van der Waals surface area contributed by atoms with E-state index in [-0.39, 0.29) is 25.3 Å². The predicted octanol–water partition coefficient (Wildman–Crippen LogP) is 2.30. The van der Waals surface area contributed by atoms with E-state index in [0.717, 1.165) is 0 Å². The van der Waals surface area contributed by atoms with Crippen LogP contribution in [0.5, 0.6) is 0 Å². The van der Waals surface area contributed by atoms with Crippen molar-refractivity contribution in [1.82, 2.24) is 9.78 Å². The number of hydrogen-bond donors (Lipinski definition) is 0. The number of halogens is 1. The van der Waals surface area contributed by atoms with E-state index in [1.807, 2.05) is 0 Å². The molecule has 0 fully saturated rings. The Labute approximate surface area is 149 Å². The lowest BCUT2D eigenvalue weighted by Crippen LogP contribution is -2.25. The third kappa shape index (κ3) is 4.90. The van der Waals surface area contributed by atoms with Crippen LogP contribution >= 0.6 is 11.6 Å². The summed E-state index contributed by atoms with van der Waals surface area (Å²) in [7, 11) is 0. The monoisotopic (exact) mass is 364 g/mol. The van der Waals surface area contributed by atoms with Gasteiger partial charge in [0.25, 0.3) is 0 Å². The van der Waals surface area contributed by atoms with Crippen molar-refractivity contribution in [2.24, 2.45) is 0 Å². The van der Waals surface area contributed by atoms with Crippen LogP contribution in [0.25, 0.3) is 5.69 Å². The number of hydrogen-bond acceptors (Lipinski definition) is 6. The predicted molar refractivity (Wildman–Crippen MR) is 91.1 cm³/mol. The summed E-state index contributed by atoms with van der Waals surface area (Å²) < 4.78 is 11.1. The third-order valence-corrected chi connectivity index (χ3v) is 3.47. The van der Waals surface area contributed by atoms with E-state index in [1.54, 1.807) is 38.1 Å². The van der Waals surface area contributed by atoms with Crippen molar-refractivity contribution in [3.8, 4) is 5.69 Å². The van der Waals surface area contributed by atoms with Gasteiger partial charge in [0.15, 0.2) is 0 Å². The van der Waals surface area contributed by atoms with Crippen molar-refractivity contribution in [2.45, 2.75) is 20.3 Å². The van der Waals surface area contributed by atoms with Crippen molar-refractivity contribution in [2.75, 3.05) is 13.2 Å². The topological polar surface area (TPSA) is 87.5 Å². The van der Waals surface area contributed by atoms with E-state index in [0.29, 0.717) is 16.4 Å². The molecule has 2 aromatic rings. The maximum Gasteiger partial charge on any atom is 0.362 e. The Morgan fingerprint density at radius 1 is 1.20 bits per heavy atom. The highest BCUT2D eigenvalue weighted by Crippen LogP contribution is 2.14. The summed E-state index contributed by atoms with van der Waals surface area (Å²) in [5, 5.41) is 4.63. The molecule has 0 aliphatic heterocycles. The van der Waals surface area contributed by atoms with Crippen LogP contribution in [-0.2, 0) is 14.3 Å². The van der Waals surface area contributed by atoms with Gasteiger partial charge in [0.1, 0.15) is 6.61 Å². The zero-order chi connectivity index (χ0) is 18.4. The first-order chi connectivity index (χ1) is 11.9. The van der Waals surface area contributed by atoms with Crippen molar-refractivity contribution in [3.05, 3.63) is 57.0 Å². The van der Waals surface area contributed by atoms with Crippen LogP contribution in [0.3, 0.4) is 0 Å². The number of aromatic nitrogens is 2. The SMILES string of the molecule is CCOC(=O)CCOC(=O)c1nn(-c2ccc(Cl)cc2)c(C)cc1=O. The van der Waals surface area contributed by atoms with E-state index in [4.69, 9.17) is 21.1 Å². The van der Waals surface area contributed by atoms with Gasteiger partial charge in [-0.15, -0.1) is 0 Å². The molecule has 0 aliphatic carbocycles. The number of aryl methyl sites for hydroxylation is 1. The highest BCUT2D eigenvalue weighted by Gasteiger charge is 2.17. The Bertz CT molecular complexity index is 830. The normalized spacial score (nSPS) is 10.4. The van der Waals surface area contributed by atoms with Gasteiger partial charge in [0, 0.05) is 16.8 Å². The number of carbonyl (C=O) groups is 2. The molecule has 0 N–H and O–H groups in total. The molecule has 1 aromatic heterocycles. The zero-order valence-corrected chi connectivity index (χ0v) is 14.6. The number of rotatable bonds is 6. The molecule has 25 heavy (non-hydrogen) atoms. The van der Waals surface area contributed by atoms with Crippen molar-refractivity contribution in [3.63, 3.8) is 0 Å². The quantitative estimate of drug-likeness (QED) is 0.731. The molecule has 2 rings (SSSR count). The van der Waals surface area contributed by atoms with Gasteiger partial charge in [-0.1, -0.05) is 11.6 Å². The van der Waals surface area contributed by atoms with Crippen molar-refractivity contribution >= 4 is 23.5 Å². The summed E-state index contributed by atoms with van der Waals surface area (Å²) >= 11 is 5.86. The molecular formula is C17H17ClN2O5. The van der Waals surface area contributed by atoms with Gasteiger partial charge >= 0.3 is 11.9 Å². The fourth-order valence-corrected chi connectivity index (χ4v) is 2.19. The molecular weight excluding hydrogens is 348 g/mol. The van der Waals surface area contributed by atoms with Gasteiger partial charge in [-0.3, -0.25) is 9.59 Å². The third-order valence-electron chi connectivity index (χ3n) is 3.22.